The van der Waals surface area contributed by atoms with Crippen molar-refractivity contribution in [2.75, 3.05) is 0 Å². The maximum absolute atomic E-state index is 5.17. The van der Waals surface area contributed by atoms with Crippen LogP contribution in [0.4, 0.5) is 0 Å². The zero-order valence-corrected chi connectivity index (χ0v) is 27.9. The standard InChI is InChI=1S/C47H30N2S/c1-3-13-32(14-4-1)46-48-42(30-43(49-46)33-25-28-45-39(29-33)38-19-9-12-22-44(38)50-45)31-23-26-35(27-24-31)47(34-15-5-2-6-16-34)40-20-10-7-17-36(40)37-18-8-11-21-41(37)47/h1-30H. The second kappa shape index (κ2) is 11.5. The number of nitrogens with zero attached hydrogens (tertiary/aromatic N) is 2. The van der Waals surface area contributed by atoms with Crippen molar-refractivity contribution in [1.82, 2.24) is 9.97 Å². The molecular formula is C47H30N2S. The van der Waals surface area contributed by atoms with Crippen LogP contribution in [-0.2, 0) is 5.41 Å². The van der Waals surface area contributed by atoms with Crippen molar-refractivity contribution in [3.8, 4) is 45.0 Å². The zero-order valence-electron chi connectivity index (χ0n) is 27.1. The minimum atomic E-state index is -0.433. The van der Waals surface area contributed by atoms with Crippen LogP contribution >= 0.6 is 11.3 Å². The summed E-state index contributed by atoms with van der Waals surface area (Å²) in [5.41, 5.74) is 12.2. The smallest absolute Gasteiger partial charge is 0.160 e. The predicted molar refractivity (Wildman–Crippen MR) is 209 cm³/mol. The average Bonchev–Trinajstić information content (AvgIpc) is 3.72. The summed E-state index contributed by atoms with van der Waals surface area (Å²) in [4.78, 5) is 10.3. The van der Waals surface area contributed by atoms with Gasteiger partial charge in [-0.05, 0) is 57.6 Å². The van der Waals surface area contributed by atoms with Gasteiger partial charge in [0.25, 0.3) is 0 Å². The van der Waals surface area contributed by atoms with Crippen LogP contribution in [0.5, 0.6) is 0 Å². The van der Waals surface area contributed by atoms with Crippen LogP contribution in [-0.4, -0.2) is 9.97 Å². The molecule has 50 heavy (non-hydrogen) atoms. The minimum absolute atomic E-state index is 0.433. The van der Waals surface area contributed by atoms with Crippen molar-refractivity contribution >= 4 is 31.5 Å². The highest BCUT2D eigenvalue weighted by molar-refractivity contribution is 7.25. The molecule has 0 unspecified atom stereocenters. The predicted octanol–water partition coefficient (Wildman–Crippen LogP) is 12.2. The summed E-state index contributed by atoms with van der Waals surface area (Å²) >= 11 is 1.83. The molecule has 0 amide bonds. The molecule has 0 saturated carbocycles. The van der Waals surface area contributed by atoms with Gasteiger partial charge >= 0.3 is 0 Å². The van der Waals surface area contributed by atoms with Gasteiger partial charge in [-0.25, -0.2) is 9.97 Å². The van der Waals surface area contributed by atoms with E-state index < -0.39 is 5.41 Å². The Balaban J connectivity index is 1.15. The Hall–Kier alpha value is -6.16. The van der Waals surface area contributed by atoms with E-state index in [0.29, 0.717) is 0 Å². The molecule has 9 aromatic rings. The van der Waals surface area contributed by atoms with Crippen molar-refractivity contribution in [3.63, 3.8) is 0 Å². The number of rotatable bonds is 5. The molecule has 3 heteroatoms. The van der Waals surface area contributed by atoms with Gasteiger partial charge in [-0.3, -0.25) is 0 Å². The molecule has 0 N–H and O–H groups in total. The molecule has 1 aliphatic carbocycles. The van der Waals surface area contributed by atoms with Gasteiger partial charge < -0.3 is 0 Å². The highest BCUT2D eigenvalue weighted by Crippen LogP contribution is 2.56. The van der Waals surface area contributed by atoms with Gasteiger partial charge in [-0.1, -0.05) is 158 Å². The Morgan fingerprint density at radius 2 is 0.920 bits per heavy atom. The van der Waals surface area contributed by atoms with Crippen LogP contribution in [0, 0.1) is 0 Å². The fraction of sp³-hybridized carbons (Fsp3) is 0.0213. The van der Waals surface area contributed by atoms with Gasteiger partial charge in [-0.15, -0.1) is 11.3 Å². The number of fused-ring (bicyclic) bond motifs is 6. The highest BCUT2D eigenvalue weighted by atomic mass is 32.1. The zero-order chi connectivity index (χ0) is 33.1. The Labute approximate surface area is 295 Å². The molecule has 0 radical (unpaired) electrons. The van der Waals surface area contributed by atoms with Crippen molar-refractivity contribution < 1.29 is 0 Å². The molecular weight excluding hydrogens is 625 g/mol. The summed E-state index contributed by atoms with van der Waals surface area (Å²) in [7, 11) is 0. The Bertz CT molecular complexity index is 2650. The van der Waals surface area contributed by atoms with Crippen LogP contribution in [0.15, 0.2) is 182 Å². The van der Waals surface area contributed by atoms with Crippen molar-refractivity contribution in [1.29, 1.82) is 0 Å². The first-order chi connectivity index (χ1) is 24.8. The van der Waals surface area contributed by atoms with Crippen molar-refractivity contribution in [2.24, 2.45) is 0 Å². The molecule has 10 rings (SSSR count). The summed E-state index contributed by atoms with van der Waals surface area (Å²) < 4.78 is 2.58. The fourth-order valence-electron chi connectivity index (χ4n) is 7.95. The van der Waals surface area contributed by atoms with Gasteiger partial charge in [-0.2, -0.15) is 0 Å². The monoisotopic (exact) mass is 654 g/mol. The summed E-state index contributed by atoms with van der Waals surface area (Å²) in [6, 6.07) is 65.5. The van der Waals surface area contributed by atoms with E-state index in [2.05, 4.69) is 164 Å². The SMILES string of the molecule is c1ccc(-c2nc(-c3ccc(C4(c5ccccc5)c5ccccc5-c5ccccc54)cc3)cc(-c3ccc4sc5ccccc5c4c3)n2)cc1. The van der Waals surface area contributed by atoms with E-state index in [4.69, 9.17) is 9.97 Å². The third-order valence-corrected chi connectivity index (χ3v) is 11.4. The second-order valence-electron chi connectivity index (χ2n) is 12.9. The van der Waals surface area contributed by atoms with E-state index in [1.54, 1.807) is 0 Å². The lowest BCUT2D eigenvalue weighted by Crippen LogP contribution is -2.28. The number of hydrogen-bond donors (Lipinski definition) is 0. The van der Waals surface area contributed by atoms with Gasteiger partial charge in [0.05, 0.1) is 16.8 Å². The molecule has 0 aliphatic heterocycles. The van der Waals surface area contributed by atoms with E-state index in [1.165, 1.54) is 53.6 Å². The minimum Gasteiger partial charge on any atom is -0.228 e. The lowest BCUT2D eigenvalue weighted by Gasteiger charge is -2.34. The Morgan fingerprint density at radius 1 is 0.380 bits per heavy atom. The van der Waals surface area contributed by atoms with Gasteiger partial charge in [0.15, 0.2) is 5.82 Å². The molecule has 1 aliphatic rings. The van der Waals surface area contributed by atoms with Crippen LogP contribution in [0.25, 0.3) is 65.2 Å². The first-order valence-electron chi connectivity index (χ1n) is 17.0. The van der Waals surface area contributed by atoms with Crippen molar-refractivity contribution in [2.45, 2.75) is 5.41 Å². The first-order valence-corrected chi connectivity index (χ1v) is 17.8. The summed E-state index contributed by atoms with van der Waals surface area (Å²) in [5, 5.41) is 2.54. The number of aromatic nitrogens is 2. The van der Waals surface area contributed by atoms with Crippen LogP contribution in [0.1, 0.15) is 22.3 Å². The molecule has 0 bridgehead atoms. The van der Waals surface area contributed by atoms with Gasteiger partial charge in [0.1, 0.15) is 0 Å². The maximum atomic E-state index is 5.17. The third-order valence-electron chi connectivity index (χ3n) is 10.2. The Kier molecular flexibility index (Phi) is 6.61. The molecule has 0 saturated heterocycles. The van der Waals surface area contributed by atoms with E-state index in [1.807, 2.05) is 29.5 Å². The first kappa shape index (κ1) is 28.8. The van der Waals surface area contributed by atoms with Crippen molar-refractivity contribution in [3.05, 3.63) is 204 Å². The lowest BCUT2D eigenvalue weighted by atomic mass is 9.67. The molecule has 0 fully saturated rings. The molecule has 7 aromatic carbocycles. The summed E-state index contributed by atoms with van der Waals surface area (Å²) in [6.45, 7) is 0. The topological polar surface area (TPSA) is 25.8 Å². The third kappa shape index (κ3) is 4.41. The van der Waals surface area contributed by atoms with E-state index in [-0.39, 0.29) is 0 Å². The molecule has 2 aromatic heterocycles. The molecule has 234 valence electrons. The van der Waals surface area contributed by atoms with E-state index >= 15 is 0 Å². The van der Waals surface area contributed by atoms with Gasteiger partial charge in [0.2, 0.25) is 0 Å². The molecule has 0 atom stereocenters. The van der Waals surface area contributed by atoms with Crippen LogP contribution in [0.3, 0.4) is 0 Å². The van der Waals surface area contributed by atoms with E-state index in [9.17, 15) is 0 Å². The van der Waals surface area contributed by atoms with E-state index in [0.717, 1.165) is 33.9 Å². The van der Waals surface area contributed by atoms with Crippen LogP contribution in [0.2, 0.25) is 0 Å². The summed E-state index contributed by atoms with van der Waals surface area (Å²) in [6.07, 6.45) is 0. The lowest BCUT2D eigenvalue weighted by molar-refractivity contribution is 0.768. The Morgan fingerprint density at radius 3 is 1.64 bits per heavy atom. The normalized spacial score (nSPS) is 13.0. The molecule has 2 nitrogen and oxygen atoms in total. The molecule has 2 heterocycles. The summed E-state index contributed by atoms with van der Waals surface area (Å²) in [5.74, 6) is 0.719. The molecule has 0 spiro atoms. The average molecular weight is 655 g/mol. The number of thiophene rings is 1. The quantitative estimate of drug-likeness (QED) is 0.185. The maximum Gasteiger partial charge on any atom is 0.160 e. The number of hydrogen-bond acceptors (Lipinski definition) is 3. The van der Waals surface area contributed by atoms with Crippen LogP contribution < -0.4 is 0 Å². The largest absolute Gasteiger partial charge is 0.228 e. The number of benzene rings is 7. The fourth-order valence-corrected chi connectivity index (χ4v) is 9.03. The van der Waals surface area contributed by atoms with Gasteiger partial charge in [0, 0.05) is 36.9 Å². The highest BCUT2D eigenvalue weighted by Gasteiger charge is 2.45. The second-order valence-corrected chi connectivity index (χ2v) is 14.0.